The maximum absolute atomic E-state index is 13.7. The van der Waals surface area contributed by atoms with E-state index < -0.39 is 11.6 Å². The van der Waals surface area contributed by atoms with Gasteiger partial charge in [-0.25, -0.2) is 13.8 Å². The van der Waals surface area contributed by atoms with Crippen molar-refractivity contribution in [1.82, 2.24) is 15.0 Å². The monoisotopic (exact) mass is 327 g/mol. The maximum Gasteiger partial charge on any atom is 0.217 e. The van der Waals surface area contributed by atoms with Crippen LogP contribution in [0, 0.1) is 11.6 Å². The molecule has 0 aliphatic rings. The van der Waals surface area contributed by atoms with E-state index in [1.54, 1.807) is 30.6 Å². The highest BCUT2D eigenvalue weighted by Gasteiger charge is 2.09. The van der Waals surface area contributed by atoms with Crippen LogP contribution in [0.5, 0.6) is 5.88 Å². The van der Waals surface area contributed by atoms with Crippen molar-refractivity contribution in [3.05, 3.63) is 71.7 Å². The van der Waals surface area contributed by atoms with Crippen LogP contribution < -0.4 is 4.74 Å². The Balaban J connectivity index is 1.86. The van der Waals surface area contributed by atoms with Gasteiger partial charge in [0.15, 0.2) is 5.82 Å². The molecule has 0 atom stereocenters. The number of halogens is 2. The van der Waals surface area contributed by atoms with Gasteiger partial charge in [0.05, 0.1) is 0 Å². The highest BCUT2D eigenvalue weighted by molar-refractivity contribution is 5.54. The van der Waals surface area contributed by atoms with Crippen molar-refractivity contribution < 1.29 is 13.5 Å². The van der Waals surface area contributed by atoms with Crippen molar-refractivity contribution in [2.45, 2.75) is 20.0 Å². The summed E-state index contributed by atoms with van der Waals surface area (Å²) in [6.07, 6.45) is 4.01. The third-order valence-corrected chi connectivity index (χ3v) is 3.44. The molecule has 6 heteroatoms. The van der Waals surface area contributed by atoms with Gasteiger partial charge in [-0.15, -0.1) is 0 Å². The van der Waals surface area contributed by atoms with Crippen molar-refractivity contribution in [2.24, 2.45) is 0 Å². The molecule has 1 aromatic carbocycles. The molecule has 0 aliphatic heterocycles. The van der Waals surface area contributed by atoms with Gasteiger partial charge < -0.3 is 4.74 Å². The van der Waals surface area contributed by atoms with E-state index in [0.29, 0.717) is 18.1 Å². The van der Waals surface area contributed by atoms with Crippen LogP contribution >= 0.6 is 0 Å². The number of pyridine rings is 1. The minimum absolute atomic E-state index is 0.112. The van der Waals surface area contributed by atoms with Gasteiger partial charge in [0.25, 0.3) is 0 Å². The van der Waals surface area contributed by atoms with Gasteiger partial charge in [-0.2, -0.15) is 4.98 Å². The van der Waals surface area contributed by atoms with Crippen LogP contribution in [0.4, 0.5) is 8.78 Å². The van der Waals surface area contributed by atoms with Gasteiger partial charge in [-0.3, -0.25) is 4.98 Å². The number of hydrogen-bond donors (Lipinski definition) is 0. The fraction of sp³-hybridized carbons (Fsp3) is 0.167. The highest BCUT2D eigenvalue weighted by atomic mass is 19.1. The zero-order valence-corrected chi connectivity index (χ0v) is 13.0. The second-order valence-corrected chi connectivity index (χ2v) is 5.13. The van der Waals surface area contributed by atoms with Gasteiger partial charge in [-0.05, 0) is 36.8 Å². The standard InChI is InChI=1S/C18H15F2N3O/c1-2-15-10-17(23-18(22-15)12-5-7-21-8-6-12)24-11-13-9-14(19)3-4-16(13)20/h3-10H,2,11H2,1H3. The van der Waals surface area contributed by atoms with Crippen molar-refractivity contribution in [3.8, 4) is 17.3 Å². The second-order valence-electron chi connectivity index (χ2n) is 5.13. The second kappa shape index (κ2) is 7.12. The van der Waals surface area contributed by atoms with E-state index in [0.717, 1.165) is 29.5 Å². The molecule has 0 unspecified atom stereocenters. The van der Waals surface area contributed by atoms with Crippen LogP contribution in [0.25, 0.3) is 11.4 Å². The number of aromatic nitrogens is 3. The van der Waals surface area contributed by atoms with Crippen LogP contribution in [0.1, 0.15) is 18.2 Å². The molecular formula is C18H15F2N3O. The highest BCUT2D eigenvalue weighted by Crippen LogP contribution is 2.20. The van der Waals surface area contributed by atoms with Gasteiger partial charge in [-0.1, -0.05) is 6.92 Å². The summed E-state index contributed by atoms with van der Waals surface area (Å²) in [6.45, 7) is 1.86. The van der Waals surface area contributed by atoms with Crippen LogP contribution in [-0.4, -0.2) is 15.0 Å². The first-order valence-corrected chi connectivity index (χ1v) is 7.51. The molecule has 4 nitrogen and oxygen atoms in total. The average Bonchev–Trinajstić information content (AvgIpc) is 2.63. The van der Waals surface area contributed by atoms with Gasteiger partial charge in [0, 0.05) is 35.3 Å². The summed E-state index contributed by atoms with van der Waals surface area (Å²) in [6, 6.07) is 8.55. The lowest BCUT2D eigenvalue weighted by Gasteiger charge is -2.10. The van der Waals surface area contributed by atoms with Gasteiger partial charge in [0.1, 0.15) is 18.2 Å². The molecule has 0 radical (unpaired) electrons. The Morgan fingerprint density at radius 3 is 2.54 bits per heavy atom. The minimum Gasteiger partial charge on any atom is -0.473 e. The predicted octanol–water partition coefficient (Wildman–Crippen LogP) is 3.96. The van der Waals surface area contributed by atoms with E-state index in [-0.39, 0.29) is 12.2 Å². The Morgan fingerprint density at radius 1 is 1.00 bits per heavy atom. The molecule has 0 N–H and O–H groups in total. The fourth-order valence-electron chi connectivity index (χ4n) is 2.16. The van der Waals surface area contributed by atoms with E-state index in [1.807, 2.05) is 6.92 Å². The molecule has 24 heavy (non-hydrogen) atoms. The zero-order chi connectivity index (χ0) is 16.9. The lowest BCUT2D eigenvalue weighted by atomic mass is 10.2. The quantitative estimate of drug-likeness (QED) is 0.712. The first kappa shape index (κ1) is 16.0. The molecule has 0 saturated heterocycles. The van der Waals surface area contributed by atoms with Crippen LogP contribution in [0.2, 0.25) is 0 Å². The summed E-state index contributed by atoms with van der Waals surface area (Å²) >= 11 is 0. The van der Waals surface area contributed by atoms with Gasteiger partial charge in [0.2, 0.25) is 5.88 Å². The van der Waals surface area contributed by atoms with Crippen molar-refractivity contribution in [1.29, 1.82) is 0 Å². The molecule has 0 amide bonds. The third-order valence-electron chi connectivity index (χ3n) is 3.44. The summed E-state index contributed by atoms with van der Waals surface area (Å²) < 4.78 is 32.5. The molecule has 0 saturated carbocycles. The fourth-order valence-corrected chi connectivity index (χ4v) is 2.16. The Labute approximate surface area is 138 Å². The average molecular weight is 327 g/mol. The zero-order valence-electron chi connectivity index (χ0n) is 13.0. The van der Waals surface area contributed by atoms with Crippen LogP contribution in [-0.2, 0) is 13.0 Å². The SMILES string of the molecule is CCc1cc(OCc2cc(F)ccc2F)nc(-c2ccncc2)n1. The molecule has 122 valence electrons. The maximum atomic E-state index is 13.7. The Kier molecular flexibility index (Phi) is 4.74. The molecule has 2 heterocycles. The summed E-state index contributed by atoms with van der Waals surface area (Å²) in [5.74, 6) is -0.205. The molecule has 2 aromatic heterocycles. The number of nitrogens with zero attached hydrogens (tertiary/aromatic N) is 3. The Hall–Kier alpha value is -2.89. The molecular weight excluding hydrogens is 312 g/mol. The third kappa shape index (κ3) is 3.71. The molecule has 3 aromatic rings. The largest absolute Gasteiger partial charge is 0.473 e. The molecule has 0 bridgehead atoms. The normalized spacial score (nSPS) is 10.6. The van der Waals surface area contributed by atoms with E-state index >= 15 is 0 Å². The Bertz CT molecular complexity index is 841. The number of aryl methyl sites for hydroxylation is 1. The van der Waals surface area contributed by atoms with Crippen molar-refractivity contribution >= 4 is 0 Å². The van der Waals surface area contributed by atoms with E-state index in [1.165, 1.54) is 0 Å². The summed E-state index contributed by atoms with van der Waals surface area (Å²) in [5, 5.41) is 0. The molecule has 0 spiro atoms. The van der Waals surface area contributed by atoms with E-state index in [2.05, 4.69) is 15.0 Å². The summed E-state index contributed by atoms with van der Waals surface area (Å²) in [4.78, 5) is 12.8. The molecule has 0 aliphatic carbocycles. The number of hydrogen-bond acceptors (Lipinski definition) is 4. The lowest BCUT2D eigenvalue weighted by molar-refractivity contribution is 0.286. The van der Waals surface area contributed by atoms with Crippen LogP contribution in [0.3, 0.4) is 0 Å². The first-order valence-electron chi connectivity index (χ1n) is 7.51. The summed E-state index contributed by atoms with van der Waals surface area (Å²) in [5.41, 5.74) is 1.74. The smallest absolute Gasteiger partial charge is 0.217 e. The molecule has 0 fully saturated rings. The first-order chi connectivity index (χ1) is 11.7. The van der Waals surface area contributed by atoms with E-state index in [9.17, 15) is 8.78 Å². The van der Waals surface area contributed by atoms with Crippen molar-refractivity contribution in [3.63, 3.8) is 0 Å². The Morgan fingerprint density at radius 2 is 1.79 bits per heavy atom. The van der Waals surface area contributed by atoms with Crippen LogP contribution in [0.15, 0.2) is 48.8 Å². The number of ether oxygens (including phenoxy) is 1. The molecule has 3 rings (SSSR count). The van der Waals surface area contributed by atoms with Gasteiger partial charge >= 0.3 is 0 Å². The minimum atomic E-state index is -0.518. The number of benzene rings is 1. The number of rotatable bonds is 5. The lowest BCUT2D eigenvalue weighted by Crippen LogP contribution is -2.03. The summed E-state index contributed by atoms with van der Waals surface area (Å²) in [7, 11) is 0. The van der Waals surface area contributed by atoms with Crippen molar-refractivity contribution in [2.75, 3.05) is 0 Å². The topological polar surface area (TPSA) is 47.9 Å². The predicted molar refractivity (Wildman–Crippen MR) is 85.3 cm³/mol. The van der Waals surface area contributed by atoms with E-state index in [4.69, 9.17) is 4.74 Å².